The van der Waals surface area contributed by atoms with Crippen molar-refractivity contribution in [1.29, 1.82) is 0 Å². The van der Waals surface area contributed by atoms with Crippen LogP contribution in [0.1, 0.15) is 43.7 Å². The summed E-state index contributed by atoms with van der Waals surface area (Å²) in [7, 11) is -3.17. The monoisotopic (exact) mass is 550 g/mol. The van der Waals surface area contributed by atoms with E-state index in [9.17, 15) is 8.42 Å². The topological polar surface area (TPSA) is 83.0 Å². The van der Waals surface area contributed by atoms with E-state index in [0.717, 1.165) is 37.3 Å². The highest BCUT2D eigenvalue weighted by atomic mass is 127. The Morgan fingerprint density at radius 1 is 1.27 bits per heavy atom. The molecule has 0 amide bonds. The third kappa shape index (κ3) is 7.56. The van der Waals surface area contributed by atoms with Crippen LogP contribution < -0.4 is 15.4 Å². The number of aliphatic imine (C=N–C) groups is 1. The Morgan fingerprint density at radius 3 is 2.70 bits per heavy atom. The number of ether oxygens (including phenoxy) is 1. The van der Waals surface area contributed by atoms with Gasteiger partial charge in [0.1, 0.15) is 5.75 Å². The third-order valence-electron chi connectivity index (χ3n) is 5.40. The second-order valence-electron chi connectivity index (χ2n) is 8.11. The summed E-state index contributed by atoms with van der Waals surface area (Å²) < 4.78 is 31.5. The molecular weight excluding hydrogens is 515 g/mol. The molecule has 1 aliphatic carbocycles. The fourth-order valence-electron chi connectivity index (χ4n) is 3.59. The zero-order valence-electron chi connectivity index (χ0n) is 18.2. The van der Waals surface area contributed by atoms with Crippen LogP contribution in [-0.2, 0) is 16.6 Å². The molecular formula is C21H35IN4O3S. The molecule has 30 heavy (non-hydrogen) atoms. The second-order valence-corrected chi connectivity index (χ2v) is 10.0. The van der Waals surface area contributed by atoms with Crippen LogP contribution in [0.4, 0.5) is 0 Å². The summed E-state index contributed by atoms with van der Waals surface area (Å²) in [6, 6.07) is 6.21. The van der Waals surface area contributed by atoms with Crippen LogP contribution in [0.5, 0.6) is 5.75 Å². The number of nitrogens with one attached hydrogen (secondary N) is 2. The van der Waals surface area contributed by atoms with Gasteiger partial charge >= 0.3 is 0 Å². The Labute approximate surface area is 198 Å². The van der Waals surface area contributed by atoms with E-state index in [1.165, 1.54) is 24.7 Å². The molecule has 7 nitrogen and oxygen atoms in total. The smallest absolute Gasteiger partial charge is 0.211 e. The van der Waals surface area contributed by atoms with E-state index in [1.54, 1.807) is 4.31 Å². The molecule has 0 radical (unpaired) electrons. The molecule has 0 bridgehead atoms. The summed E-state index contributed by atoms with van der Waals surface area (Å²) in [6.45, 7) is 7.27. The first-order chi connectivity index (χ1) is 13.9. The van der Waals surface area contributed by atoms with Crippen LogP contribution in [0.15, 0.2) is 23.2 Å². The molecule has 2 fully saturated rings. The van der Waals surface area contributed by atoms with Gasteiger partial charge in [-0.25, -0.2) is 13.4 Å². The Hall–Kier alpha value is -1.07. The molecule has 1 aromatic carbocycles. The summed E-state index contributed by atoms with van der Waals surface area (Å²) in [6.07, 6.45) is 5.58. The fraction of sp³-hybridized carbons (Fsp3) is 0.667. The first-order valence-electron chi connectivity index (χ1n) is 10.6. The zero-order valence-corrected chi connectivity index (χ0v) is 21.3. The Balaban J connectivity index is 0.00000320. The van der Waals surface area contributed by atoms with Crippen LogP contribution >= 0.6 is 24.0 Å². The molecule has 1 heterocycles. The van der Waals surface area contributed by atoms with Crippen molar-refractivity contribution in [2.75, 3.05) is 32.5 Å². The number of guanidine groups is 1. The average molecular weight is 551 g/mol. The van der Waals surface area contributed by atoms with Gasteiger partial charge in [0.05, 0.1) is 19.4 Å². The molecule has 0 spiro atoms. The van der Waals surface area contributed by atoms with E-state index >= 15 is 0 Å². The number of nitrogens with zero attached hydrogens (tertiary/aromatic N) is 2. The Kier molecular flexibility index (Phi) is 9.67. The lowest BCUT2D eigenvalue weighted by Crippen LogP contribution is -2.46. The van der Waals surface area contributed by atoms with Crippen molar-refractivity contribution in [2.45, 2.75) is 52.1 Å². The minimum Gasteiger partial charge on any atom is -0.493 e. The minimum absolute atomic E-state index is 0. The van der Waals surface area contributed by atoms with Crippen molar-refractivity contribution in [1.82, 2.24) is 14.9 Å². The summed E-state index contributed by atoms with van der Waals surface area (Å²) in [4.78, 5) is 4.71. The van der Waals surface area contributed by atoms with Gasteiger partial charge in [0.25, 0.3) is 0 Å². The number of rotatable bonds is 9. The zero-order chi connectivity index (χ0) is 20.9. The SMILES string of the molecule is CCNC(=NCc1ccc(C)cc1OCC1CC1)NC[C@H]1CCCN1S(C)(=O)=O.I. The lowest BCUT2D eigenvalue weighted by molar-refractivity contribution is 0.296. The summed E-state index contributed by atoms with van der Waals surface area (Å²) in [5.74, 6) is 2.31. The van der Waals surface area contributed by atoms with Gasteiger partial charge in [-0.3, -0.25) is 0 Å². The van der Waals surface area contributed by atoms with Gasteiger partial charge in [-0.05, 0) is 57.1 Å². The van der Waals surface area contributed by atoms with Crippen molar-refractivity contribution in [3.05, 3.63) is 29.3 Å². The van der Waals surface area contributed by atoms with Crippen LogP contribution in [0.25, 0.3) is 0 Å². The van der Waals surface area contributed by atoms with E-state index in [2.05, 4.69) is 35.8 Å². The normalized spacial score (nSPS) is 20.0. The number of aryl methyl sites for hydroxylation is 1. The largest absolute Gasteiger partial charge is 0.493 e. The average Bonchev–Trinajstić information content (AvgIpc) is 3.37. The van der Waals surface area contributed by atoms with Gasteiger partial charge in [0, 0.05) is 31.2 Å². The van der Waals surface area contributed by atoms with Crippen molar-refractivity contribution < 1.29 is 13.2 Å². The summed E-state index contributed by atoms with van der Waals surface area (Å²) in [5.41, 5.74) is 2.24. The molecule has 170 valence electrons. The molecule has 0 unspecified atom stereocenters. The van der Waals surface area contributed by atoms with Crippen LogP contribution in [0, 0.1) is 12.8 Å². The van der Waals surface area contributed by atoms with Gasteiger partial charge in [0.2, 0.25) is 10.0 Å². The summed E-state index contributed by atoms with van der Waals surface area (Å²) >= 11 is 0. The predicted octanol–water partition coefficient (Wildman–Crippen LogP) is 2.88. The maximum Gasteiger partial charge on any atom is 0.211 e. The lowest BCUT2D eigenvalue weighted by atomic mass is 10.1. The van der Waals surface area contributed by atoms with E-state index < -0.39 is 10.0 Å². The van der Waals surface area contributed by atoms with E-state index in [0.29, 0.717) is 31.5 Å². The van der Waals surface area contributed by atoms with E-state index in [-0.39, 0.29) is 30.0 Å². The second kappa shape index (κ2) is 11.5. The fourth-order valence-corrected chi connectivity index (χ4v) is 4.77. The van der Waals surface area contributed by atoms with Gasteiger partial charge in [0.15, 0.2) is 5.96 Å². The molecule has 1 atom stereocenters. The lowest BCUT2D eigenvalue weighted by Gasteiger charge is -2.23. The molecule has 3 rings (SSSR count). The van der Waals surface area contributed by atoms with E-state index in [4.69, 9.17) is 9.73 Å². The van der Waals surface area contributed by atoms with Gasteiger partial charge in [-0.1, -0.05) is 12.1 Å². The molecule has 1 saturated heterocycles. The van der Waals surface area contributed by atoms with Crippen LogP contribution in [-0.4, -0.2) is 57.2 Å². The predicted molar refractivity (Wildman–Crippen MR) is 132 cm³/mol. The first-order valence-corrected chi connectivity index (χ1v) is 12.4. The van der Waals surface area contributed by atoms with Crippen LogP contribution in [0.2, 0.25) is 0 Å². The van der Waals surface area contributed by atoms with Crippen molar-refractivity contribution in [3.8, 4) is 5.75 Å². The highest BCUT2D eigenvalue weighted by molar-refractivity contribution is 14.0. The molecule has 1 aromatic rings. The molecule has 1 saturated carbocycles. The van der Waals surface area contributed by atoms with E-state index in [1.807, 2.05) is 6.92 Å². The van der Waals surface area contributed by atoms with Gasteiger partial charge in [-0.2, -0.15) is 4.31 Å². The maximum absolute atomic E-state index is 11.9. The molecule has 2 N–H and O–H groups in total. The first kappa shape index (κ1) is 25.2. The van der Waals surface area contributed by atoms with Crippen molar-refractivity contribution in [2.24, 2.45) is 10.9 Å². The highest BCUT2D eigenvalue weighted by Gasteiger charge is 2.31. The van der Waals surface area contributed by atoms with Crippen LogP contribution in [0.3, 0.4) is 0 Å². The maximum atomic E-state index is 11.9. The molecule has 1 aliphatic heterocycles. The quantitative estimate of drug-likeness (QED) is 0.281. The number of benzene rings is 1. The molecule has 2 aliphatic rings. The number of sulfonamides is 1. The highest BCUT2D eigenvalue weighted by Crippen LogP contribution is 2.31. The summed E-state index contributed by atoms with van der Waals surface area (Å²) in [5, 5.41) is 6.57. The Morgan fingerprint density at radius 2 is 2.03 bits per heavy atom. The number of hydrogen-bond acceptors (Lipinski definition) is 4. The number of halogens is 1. The van der Waals surface area contributed by atoms with Crippen molar-refractivity contribution in [3.63, 3.8) is 0 Å². The standard InChI is InChI=1S/C21H34N4O3S.HI/c1-4-22-21(24-14-19-6-5-11-25(19)29(3,26)27)23-13-18-10-7-16(2)12-20(18)28-15-17-8-9-17;/h7,10,12,17,19H,4-6,8-9,11,13-15H2,1-3H3,(H2,22,23,24);1H/t19-;/m1./s1. The molecule has 0 aromatic heterocycles. The number of hydrogen-bond donors (Lipinski definition) is 2. The van der Waals surface area contributed by atoms with Gasteiger partial charge in [-0.15, -0.1) is 24.0 Å². The van der Waals surface area contributed by atoms with Crippen molar-refractivity contribution >= 4 is 40.0 Å². The van der Waals surface area contributed by atoms with Gasteiger partial charge < -0.3 is 15.4 Å². The molecule has 9 heteroatoms. The Bertz CT molecular complexity index is 828. The minimum atomic E-state index is -3.17. The third-order valence-corrected chi connectivity index (χ3v) is 6.73.